The Bertz CT molecular complexity index is 865. The molecule has 3 rings (SSSR count). The van der Waals surface area contributed by atoms with Gasteiger partial charge in [-0.1, -0.05) is 71.9 Å². The van der Waals surface area contributed by atoms with E-state index in [4.69, 9.17) is 16.3 Å². The molecule has 0 saturated heterocycles. The Morgan fingerprint density at radius 2 is 1.85 bits per heavy atom. The van der Waals surface area contributed by atoms with Crippen molar-refractivity contribution in [2.45, 2.75) is 18.1 Å². The normalized spacial score (nSPS) is 11.2. The highest BCUT2D eigenvalue weighted by Crippen LogP contribution is 2.31. The number of nitrogens with zero attached hydrogens (tertiary/aromatic N) is 3. The van der Waals surface area contributed by atoms with Gasteiger partial charge < -0.3 is 9.30 Å². The molecular weight excluding hydrogens is 366 g/mol. The molecule has 6 heteroatoms. The van der Waals surface area contributed by atoms with Crippen molar-refractivity contribution in [3.63, 3.8) is 0 Å². The van der Waals surface area contributed by atoms with Crippen molar-refractivity contribution >= 4 is 23.4 Å². The first kappa shape index (κ1) is 18.5. The van der Waals surface area contributed by atoms with Gasteiger partial charge in [-0.25, -0.2) is 0 Å². The zero-order valence-electron chi connectivity index (χ0n) is 14.5. The lowest BCUT2D eigenvalue weighted by atomic mass is 10.1. The topological polar surface area (TPSA) is 39.9 Å². The molecule has 0 unspecified atom stereocenters. The van der Waals surface area contributed by atoms with E-state index >= 15 is 0 Å². The Labute approximate surface area is 162 Å². The number of ether oxygens (including phenoxy) is 1. The predicted octanol–water partition coefficient (Wildman–Crippen LogP) is 5.04. The standard InChI is InChI=1S/C20H20ClN3OS/c1-25-18-11-6-5-10-17(18)19-22-23-20(26-15-7-13-21)24(19)14-12-16-8-3-2-4-9-16/h2-11,13H,12,14-15H2,1H3/b13-7+. The summed E-state index contributed by atoms with van der Waals surface area (Å²) in [7, 11) is 1.67. The summed E-state index contributed by atoms with van der Waals surface area (Å²) in [6.07, 6.45) is 2.80. The molecular formula is C20H20ClN3OS. The fraction of sp³-hybridized carbons (Fsp3) is 0.200. The molecule has 1 heterocycles. The third-order valence-electron chi connectivity index (χ3n) is 3.93. The van der Waals surface area contributed by atoms with Crippen LogP contribution < -0.4 is 4.74 Å². The van der Waals surface area contributed by atoms with Gasteiger partial charge in [0.15, 0.2) is 11.0 Å². The molecule has 0 fully saturated rings. The average Bonchev–Trinajstić information content (AvgIpc) is 3.10. The lowest BCUT2D eigenvalue weighted by Gasteiger charge is -2.12. The van der Waals surface area contributed by atoms with Crippen LogP contribution in [0.25, 0.3) is 11.4 Å². The zero-order valence-corrected chi connectivity index (χ0v) is 16.1. The van der Waals surface area contributed by atoms with Crippen LogP contribution in [-0.2, 0) is 13.0 Å². The second kappa shape index (κ2) is 9.46. The minimum Gasteiger partial charge on any atom is -0.496 e. The number of hydrogen-bond donors (Lipinski definition) is 0. The first-order valence-corrected chi connectivity index (χ1v) is 9.74. The predicted molar refractivity (Wildman–Crippen MR) is 108 cm³/mol. The van der Waals surface area contributed by atoms with Crippen molar-refractivity contribution in [2.75, 3.05) is 12.9 Å². The van der Waals surface area contributed by atoms with Crippen molar-refractivity contribution in [1.29, 1.82) is 0 Å². The number of benzene rings is 2. The second-order valence-corrected chi connectivity index (χ2v) is 6.81. The number of aromatic nitrogens is 3. The molecule has 0 amide bonds. The minimum absolute atomic E-state index is 0.749. The van der Waals surface area contributed by atoms with Crippen LogP contribution in [0.4, 0.5) is 0 Å². The summed E-state index contributed by atoms with van der Waals surface area (Å²) in [5, 5.41) is 9.71. The van der Waals surface area contributed by atoms with Crippen LogP contribution in [0.2, 0.25) is 0 Å². The third kappa shape index (κ3) is 4.48. The number of methoxy groups -OCH3 is 1. The van der Waals surface area contributed by atoms with Crippen LogP contribution in [0.15, 0.2) is 71.4 Å². The SMILES string of the molecule is COc1ccccc1-c1nnc(SC/C=C/Cl)n1CCc1ccccc1. The highest BCUT2D eigenvalue weighted by atomic mass is 35.5. The molecule has 1 aromatic heterocycles. The Hall–Kier alpha value is -2.24. The Kier molecular flexibility index (Phi) is 6.75. The molecule has 0 N–H and O–H groups in total. The molecule has 0 bridgehead atoms. The summed E-state index contributed by atoms with van der Waals surface area (Å²) >= 11 is 7.25. The maximum absolute atomic E-state index is 5.64. The first-order valence-electron chi connectivity index (χ1n) is 8.32. The third-order valence-corrected chi connectivity index (χ3v) is 5.03. The zero-order chi connectivity index (χ0) is 18.2. The number of para-hydroxylation sites is 1. The van der Waals surface area contributed by atoms with E-state index in [-0.39, 0.29) is 0 Å². The van der Waals surface area contributed by atoms with Gasteiger partial charge in [0.25, 0.3) is 0 Å². The molecule has 0 aliphatic rings. The molecule has 0 aliphatic heterocycles. The van der Waals surface area contributed by atoms with Crippen LogP contribution in [0, 0.1) is 0 Å². The van der Waals surface area contributed by atoms with Crippen LogP contribution in [0.5, 0.6) is 5.75 Å². The van der Waals surface area contributed by atoms with Crippen LogP contribution >= 0.6 is 23.4 Å². The van der Waals surface area contributed by atoms with Gasteiger partial charge in [-0.05, 0) is 24.1 Å². The molecule has 0 atom stereocenters. The monoisotopic (exact) mass is 385 g/mol. The van der Waals surface area contributed by atoms with Crippen LogP contribution in [0.3, 0.4) is 0 Å². The number of thioether (sulfide) groups is 1. The van der Waals surface area contributed by atoms with Gasteiger partial charge in [0.1, 0.15) is 5.75 Å². The maximum atomic E-state index is 5.64. The Balaban J connectivity index is 1.93. The average molecular weight is 386 g/mol. The molecule has 0 aliphatic carbocycles. The van der Waals surface area contributed by atoms with Gasteiger partial charge in [0.05, 0.1) is 12.7 Å². The summed E-state index contributed by atoms with van der Waals surface area (Å²) < 4.78 is 7.66. The van der Waals surface area contributed by atoms with Gasteiger partial charge in [-0.15, -0.1) is 10.2 Å². The summed E-state index contributed by atoms with van der Waals surface area (Å²) in [5.74, 6) is 2.35. The van der Waals surface area contributed by atoms with Crippen molar-refractivity contribution in [1.82, 2.24) is 14.8 Å². The fourth-order valence-corrected chi connectivity index (χ4v) is 3.64. The summed E-state index contributed by atoms with van der Waals surface area (Å²) in [5.41, 5.74) is 3.75. The van der Waals surface area contributed by atoms with E-state index in [1.54, 1.807) is 18.9 Å². The van der Waals surface area contributed by atoms with E-state index in [0.717, 1.165) is 41.0 Å². The largest absolute Gasteiger partial charge is 0.496 e. The van der Waals surface area contributed by atoms with Gasteiger partial charge in [-0.2, -0.15) is 0 Å². The quantitative estimate of drug-likeness (QED) is 0.509. The van der Waals surface area contributed by atoms with Gasteiger partial charge in [0.2, 0.25) is 0 Å². The molecule has 0 saturated carbocycles. The Morgan fingerprint density at radius 3 is 2.62 bits per heavy atom. The number of aryl methyl sites for hydroxylation is 1. The van der Waals surface area contributed by atoms with E-state index < -0.39 is 0 Å². The molecule has 0 spiro atoms. The lowest BCUT2D eigenvalue weighted by molar-refractivity contribution is 0.415. The fourth-order valence-electron chi connectivity index (χ4n) is 2.67. The van der Waals surface area contributed by atoms with E-state index in [0.29, 0.717) is 0 Å². The minimum atomic E-state index is 0.749. The molecule has 2 aromatic carbocycles. The van der Waals surface area contributed by atoms with E-state index in [2.05, 4.69) is 39.0 Å². The van der Waals surface area contributed by atoms with E-state index in [9.17, 15) is 0 Å². The number of rotatable bonds is 8. The molecule has 0 radical (unpaired) electrons. The van der Waals surface area contributed by atoms with Crippen molar-refractivity contribution in [3.05, 3.63) is 71.8 Å². The van der Waals surface area contributed by atoms with Crippen LogP contribution in [0.1, 0.15) is 5.56 Å². The maximum Gasteiger partial charge on any atom is 0.191 e. The summed E-state index contributed by atoms with van der Waals surface area (Å²) in [6, 6.07) is 18.3. The molecule has 134 valence electrons. The van der Waals surface area contributed by atoms with Crippen molar-refractivity contribution < 1.29 is 4.74 Å². The Morgan fingerprint density at radius 1 is 1.08 bits per heavy atom. The highest BCUT2D eigenvalue weighted by molar-refractivity contribution is 7.99. The van der Waals surface area contributed by atoms with Crippen LogP contribution in [-0.4, -0.2) is 27.6 Å². The van der Waals surface area contributed by atoms with Gasteiger partial charge in [-0.3, -0.25) is 0 Å². The van der Waals surface area contributed by atoms with Gasteiger partial charge >= 0.3 is 0 Å². The lowest BCUT2D eigenvalue weighted by Crippen LogP contribution is -2.06. The van der Waals surface area contributed by atoms with Crippen molar-refractivity contribution in [3.8, 4) is 17.1 Å². The smallest absolute Gasteiger partial charge is 0.191 e. The van der Waals surface area contributed by atoms with Crippen molar-refractivity contribution in [2.24, 2.45) is 0 Å². The van der Waals surface area contributed by atoms with E-state index in [1.165, 1.54) is 11.1 Å². The summed E-state index contributed by atoms with van der Waals surface area (Å²) in [4.78, 5) is 0. The first-order chi connectivity index (χ1) is 12.8. The highest BCUT2D eigenvalue weighted by Gasteiger charge is 2.17. The summed E-state index contributed by atoms with van der Waals surface area (Å²) in [6.45, 7) is 0.789. The molecule has 26 heavy (non-hydrogen) atoms. The second-order valence-electron chi connectivity index (χ2n) is 5.57. The van der Waals surface area contributed by atoms with E-state index in [1.807, 2.05) is 36.4 Å². The molecule has 4 nitrogen and oxygen atoms in total. The molecule has 3 aromatic rings. The number of hydrogen-bond acceptors (Lipinski definition) is 4. The number of halogens is 1. The van der Waals surface area contributed by atoms with Gasteiger partial charge in [0, 0.05) is 17.8 Å².